The first-order valence-electron chi connectivity index (χ1n) is 6.70. The molecule has 21 heavy (non-hydrogen) atoms. The molecule has 0 aliphatic carbocycles. The average Bonchev–Trinajstić information content (AvgIpc) is 2.49. The molecule has 0 aromatic heterocycles. The highest BCUT2D eigenvalue weighted by Crippen LogP contribution is 2.24. The second kappa shape index (κ2) is 7.11. The van der Waals surface area contributed by atoms with E-state index in [2.05, 4.69) is 5.32 Å². The minimum atomic E-state index is -1.40. The van der Waals surface area contributed by atoms with Crippen molar-refractivity contribution < 1.29 is 17.6 Å². The van der Waals surface area contributed by atoms with Crippen LogP contribution in [-0.2, 0) is 6.42 Å². The Balaban J connectivity index is 1.84. The van der Waals surface area contributed by atoms with Crippen molar-refractivity contribution >= 4 is 5.69 Å². The topological polar surface area (TPSA) is 12.0 Å². The van der Waals surface area contributed by atoms with Crippen molar-refractivity contribution in [2.24, 2.45) is 0 Å². The molecule has 0 atom stereocenters. The van der Waals surface area contributed by atoms with Crippen LogP contribution in [0.1, 0.15) is 18.4 Å². The van der Waals surface area contributed by atoms with E-state index in [1.54, 1.807) is 0 Å². The number of unbranched alkanes of at least 4 members (excludes halogenated alkanes) is 1. The highest BCUT2D eigenvalue weighted by atomic mass is 19.2. The molecular formula is C16H15F4N. The number of aryl methyl sites for hydroxylation is 1. The smallest absolute Gasteiger partial charge is 0.185 e. The molecule has 0 bridgehead atoms. The molecule has 2 rings (SSSR count). The zero-order valence-electron chi connectivity index (χ0n) is 11.3. The molecule has 0 spiro atoms. The highest BCUT2D eigenvalue weighted by molar-refractivity contribution is 5.47. The van der Waals surface area contributed by atoms with Crippen molar-refractivity contribution in [1.82, 2.24) is 0 Å². The standard InChI is InChI=1S/C16H15F4N/c17-12-10-13(18)15(20)16(14(12)19)21-9-5-4-8-11-6-2-1-3-7-11/h1-3,6-7,10,21H,4-5,8-9H2. The van der Waals surface area contributed by atoms with Crippen LogP contribution >= 0.6 is 0 Å². The van der Waals surface area contributed by atoms with Crippen molar-refractivity contribution in [2.75, 3.05) is 11.9 Å². The lowest BCUT2D eigenvalue weighted by atomic mass is 10.1. The number of hydrogen-bond acceptors (Lipinski definition) is 1. The second-order valence-corrected chi connectivity index (χ2v) is 4.71. The summed E-state index contributed by atoms with van der Waals surface area (Å²) in [7, 11) is 0. The van der Waals surface area contributed by atoms with Crippen LogP contribution in [0, 0.1) is 23.3 Å². The molecule has 1 nitrogen and oxygen atoms in total. The first-order chi connectivity index (χ1) is 10.1. The molecule has 112 valence electrons. The molecule has 1 N–H and O–H groups in total. The Labute approximate surface area is 120 Å². The Bertz CT molecular complexity index is 573. The van der Waals surface area contributed by atoms with Crippen molar-refractivity contribution in [1.29, 1.82) is 0 Å². The van der Waals surface area contributed by atoms with Crippen LogP contribution in [0.2, 0.25) is 0 Å². The molecule has 0 heterocycles. The van der Waals surface area contributed by atoms with E-state index in [0.29, 0.717) is 6.42 Å². The fourth-order valence-electron chi connectivity index (χ4n) is 2.04. The molecule has 0 radical (unpaired) electrons. The fraction of sp³-hybridized carbons (Fsp3) is 0.250. The first kappa shape index (κ1) is 15.4. The van der Waals surface area contributed by atoms with Crippen LogP contribution in [-0.4, -0.2) is 6.54 Å². The molecule has 0 amide bonds. The minimum absolute atomic E-state index is 0.200. The van der Waals surface area contributed by atoms with Gasteiger partial charge in [0.25, 0.3) is 0 Å². The quantitative estimate of drug-likeness (QED) is 0.464. The monoisotopic (exact) mass is 297 g/mol. The van der Waals surface area contributed by atoms with Crippen LogP contribution < -0.4 is 5.32 Å². The lowest BCUT2D eigenvalue weighted by Crippen LogP contribution is -2.09. The molecule has 0 aliphatic rings. The van der Waals surface area contributed by atoms with Gasteiger partial charge in [-0.2, -0.15) is 0 Å². The molecule has 5 heteroatoms. The molecule has 0 unspecified atom stereocenters. The van der Waals surface area contributed by atoms with E-state index < -0.39 is 29.0 Å². The van der Waals surface area contributed by atoms with E-state index in [4.69, 9.17) is 0 Å². The van der Waals surface area contributed by atoms with Crippen molar-refractivity contribution in [3.8, 4) is 0 Å². The van der Waals surface area contributed by atoms with Gasteiger partial charge in [-0.25, -0.2) is 17.6 Å². The van der Waals surface area contributed by atoms with E-state index in [0.717, 1.165) is 12.8 Å². The summed E-state index contributed by atoms with van der Waals surface area (Å²) in [6.45, 7) is 0.240. The SMILES string of the molecule is Fc1cc(F)c(F)c(NCCCCc2ccccc2)c1F. The summed E-state index contributed by atoms with van der Waals surface area (Å²) < 4.78 is 52.7. The van der Waals surface area contributed by atoms with Gasteiger partial charge in [0.1, 0.15) is 5.69 Å². The Morgan fingerprint density at radius 3 is 2.05 bits per heavy atom. The number of rotatable bonds is 6. The number of anilines is 1. The number of hydrogen-bond donors (Lipinski definition) is 1. The summed E-state index contributed by atoms with van der Waals surface area (Å²) in [6.07, 6.45) is 2.27. The third kappa shape index (κ3) is 3.97. The van der Waals surface area contributed by atoms with Crippen LogP contribution in [0.4, 0.5) is 23.2 Å². The summed E-state index contributed by atoms with van der Waals surface area (Å²) in [6, 6.07) is 9.99. The zero-order valence-corrected chi connectivity index (χ0v) is 11.3. The number of halogens is 4. The Morgan fingerprint density at radius 2 is 1.43 bits per heavy atom. The van der Waals surface area contributed by atoms with Gasteiger partial charge in [-0.3, -0.25) is 0 Å². The van der Waals surface area contributed by atoms with Gasteiger partial charge in [-0.15, -0.1) is 0 Å². The maximum absolute atomic E-state index is 13.4. The molecule has 0 aliphatic heterocycles. The van der Waals surface area contributed by atoms with Gasteiger partial charge in [0.05, 0.1) is 0 Å². The van der Waals surface area contributed by atoms with Crippen LogP contribution in [0.25, 0.3) is 0 Å². The van der Waals surface area contributed by atoms with Crippen molar-refractivity contribution in [3.05, 3.63) is 65.2 Å². The van der Waals surface area contributed by atoms with E-state index in [9.17, 15) is 17.6 Å². The predicted molar refractivity (Wildman–Crippen MR) is 74.1 cm³/mol. The van der Waals surface area contributed by atoms with Gasteiger partial charge < -0.3 is 5.32 Å². The van der Waals surface area contributed by atoms with Gasteiger partial charge in [-0.05, 0) is 24.8 Å². The number of nitrogens with one attached hydrogen (secondary N) is 1. The average molecular weight is 297 g/mol. The van der Waals surface area contributed by atoms with Crippen LogP contribution in [0.3, 0.4) is 0 Å². The fourth-order valence-corrected chi connectivity index (χ4v) is 2.04. The van der Waals surface area contributed by atoms with Crippen LogP contribution in [0.5, 0.6) is 0 Å². The summed E-state index contributed by atoms with van der Waals surface area (Å²) in [5.41, 5.74) is 0.430. The van der Waals surface area contributed by atoms with Gasteiger partial charge in [0.15, 0.2) is 23.3 Å². The number of benzene rings is 2. The highest BCUT2D eigenvalue weighted by Gasteiger charge is 2.18. The zero-order chi connectivity index (χ0) is 15.2. The van der Waals surface area contributed by atoms with Crippen molar-refractivity contribution in [3.63, 3.8) is 0 Å². The lowest BCUT2D eigenvalue weighted by Gasteiger charge is -2.10. The molecule has 0 fully saturated rings. The molecule has 2 aromatic rings. The van der Waals surface area contributed by atoms with E-state index in [1.165, 1.54) is 5.56 Å². The van der Waals surface area contributed by atoms with Gasteiger partial charge in [0.2, 0.25) is 0 Å². The van der Waals surface area contributed by atoms with Crippen molar-refractivity contribution in [2.45, 2.75) is 19.3 Å². The maximum Gasteiger partial charge on any atom is 0.185 e. The van der Waals surface area contributed by atoms with Crippen LogP contribution in [0.15, 0.2) is 36.4 Å². The van der Waals surface area contributed by atoms with Gasteiger partial charge in [-0.1, -0.05) is 30.3 Å². The summed E-state index contributed by atoms with van der Waals surface area (Å²) in [4.78, 5) is 0. The van der Waals surface area contributed by atoms with E-state index >= 15 is 0 Å². The van der Waals surface area contributed by atoms with Gasteiger partial charge >= 0.3 is 0 Å². The third-order valence-electron chi connectivity index (χ3n) is 3.15. The lowest BCUT2D eigenvalue weighted by molar-refractivity contribution is 0.458. The summed E-state index contributed by atoms with van der Waals surface area (Å²) >= 11 is 0. The Kier molecular flexibility index (Phi) is 5.20. The second-order valence-electron chi connectivity index (χ2n) is 4.71. The summed E-state index contributed by atoms with van der Waals surface area (Å²) in [5.74, 6) is -5.59. The Morgan fingerprint density at radius 1 is 0.810 bits per heavy atom. The predicted octanol–water partition coefficient (Wildman–Crippen LogP) is 4.68. The Hall–Kier alpha value is -2.04. The molecule has 0 saturated carbocycles. The molecular weight excluding hydrogens is 282 g/mol. The normalized spacial score (nSPS) is 10.7. The van der Waals surface area contributed by atoms with E-state index in [-0.39, 0.29) is 12.6 Å². The molecule has 0 saturated heterocycles. The maximum atomic E-state index is 13.4. The minimum Gasteiger partial charge on any atom is -0.380 e. The van der Waals surface area contributed by atoms with Gasteiger partial charge in [0, 0.05) is 12.6 Å². The first-order valence-corrected chi connectivity index (χ1v) is 6.70. The summed E-state index contributed by atoms with van der Waals surface area (Å²) in [5, 5.41) is 2.42. The molecule has 2 aromatic carbocycles. The van der Waals surface area contributed by atoms with E-state index in [1.807, 2.05) is 30.3 Å². The largest absolute Gasteiger partial charge is 0.380 e. The third-order valence-corrected chi connectivity index (χ3v) is 3.15.